The first kappa shape index (κ1) is 27.5. The molecule has 0 unspecified atom stereocenters. The highest BCUT2D eigenvalue weighted by atomic mass is 19.2. The number of halogens is 2. The first-order chi connectivity index (χ1) is 22.5. The number of hydrogen-bond acceptors (Lipinski definition) is 3. The summed E-state index contributed by atoms with van der Waals surface area (Å²) in [7, 11) is 0. The van der Waals surface area contributed by atoms with Gasteiger partial charge in [-0.05, 0) is 60.5 Å². The molecule has 0 aliphatic rings. The molecule has 8 rings (SSSR count). The van der Waals surface area contributed by atoms with Gasteiger partial charge in [0.2, 0.25) is 0 Å². The van der Waals surface area contributed by atoms with E-state index in [4.69, 9.17) is 15.0 Å². The predicted molar refractivity (Wildman–Crippen MR) is 181 cm³/mol. The molecule has 0 saturated carbocycles. The average molecular weight is 601 g/mol. The van der Waals surface area contributed by atoms with E-state index >= 15 is 0 Å². The summed E-state index contributed by atoms with van der Waals surface area (Å²) in [5, 5.41) is 2.22. The van der Waals surface area contributed by atoms with Gasteiger partial charge >= 0.3 is 0 Å². The van der Waals surface area contributed by atoms with E-state index in [1.807, 2.05) is 91.0 Å². The molecular weight excluding hydrogens is 574 g/mol. The molecule has 6 heteroatoms. The van der Waals surface area contributed by atoms with Gasteiger partial charge in [0.05, 0.1) is 16.7 Å². The van der Waals surface area contributed by atoms with Gasteiger partial charge in [-0.2, -0.15) is 0 Å². The topological polar surface area (TPSA) is 43.6 Å². The maximum absolute atomic E-state index is 14.4. The summed E-state index contributed by atoms with van der Waals surface area (Å²) in [4.78, 5) is 14.9. The zero-order valence-electron chi connectivity index (χ0n) is 24.8. The summed E-state index contributed by atoms with van der Waals surface area (Å²) in [6.45, 7) is 2.09. The normalized spacial score (nSPS) is 11.4. The molecule has 8 aromatic rings. The van der Waals surface area contributed by atoms with Crippen molar-refractivity contribution in [2.75, 3.05) is 0 Å². The Labute approximate surface area is 264 Å². The second-order valence-electron chi connectivity index (χ2n) is 11.3. The molecule has 220 valence electrons. The molecular formula is C40H26F2N4. The van der Waals surface area contributed by atoms with E-state index in [0.717, 1.165) is 61.4 Å². The number of aromatic nitrogens is 4. The number of rotatable bonds is 5. The van der Waals surface area contributed by atoms with Gasteiger partial charge in [0.15, 0.2) is 29.1 Å². The molecule has 0 aliphatic heterocycles. The lowest BCUT2D eigenvalue weighted by Gasteiger charge is -2.16. The molecule has 0 saturated heterocycles. The second kappa shape index (κ2) is 11.2. The van der Waals surface area contributed by atoms with Gasteiger partial charge in [0, 0.05) is 27.5 Å². The van der Waals surface area contributed by atoms with Crippen molar-refractivity contribution in [3.05, 3.63) is 157 Å². The van der Waals surface area contributed by atoms with Gasteiger partial charge in [-0.25, -0.2) is 23.7 Å². The Bertz CT molecular complexity index is 2340. The highest BCUT2D eigenvalue weighted by molar-refractivity contribution is 6.10. The molecule has 0 aliphatic carbocycles. The third kappa shape index (κ3) is 4.81. The maximum Gasteiger partial charge on any atom is 0.166 e. The van der Waals surface area contributed by atoms with Crippen LogP contribution in [-0.2, 0) is 0 Å². The van der Waals surface area contributed by atoms with Crippen LogP contribution in [0.15, 0.2) is 140 Å². The molecule has 6 aromatic carbocycles. The first-order valence-corrected chi connectivity index (χ1v) is 15.0. The van der Waals surface area contributed by atoms with Crippen LogP contribution < -0.4 is 0 Å². The standard InChI is InChI=1S/C40H26F2N4/c1-25-16-21-36-32(22-25)30-14-8-9-15-35(30)46(36)37-24-29(28-18-20-33(41)34(42)23-28)17-19-31(37)40-44-38(26-10-4-2-5-11-26)43-39(45-40)27-12-6-3-7-13-27/h2-24H,1H3. The molecule has 0 N–H and O–H groups in total. The summed E-state index contributed by atoms with van der Waals surface area (Å²) >= 11 is 0. The molecule has 2 aromatic heterocycles. The molecule has 0 radical (unpaired) electrons. The van der Waals surface area contributed by atoms with Gasteiger partial charge in [0.1, 0.15) is 0 Å². The SMILES string of the molecule is Cc1ccc2c(c1)c1ccccc1n2-c1cc(-c2ccc(F)c(F)c2)ccc1-c1nc(-c2ccccc2)nc(-c2ccccc2)n1. The fourth-order valence-electron chi connectivity index (χ4n) is 6.04. The smallest absolute Gasteiger partial charge is 0.166 e. The molecule has 0 amide bonds. The van der Waals surface area contributed by atoms with E-state index < -0.39 is 11.6 Å². The van der Waals surface area contributed by atoms with Crippen molar-refractivity contribution in [2.24, 2.45) is 0 Å². The van der Waals surface area contributed by atoms with Crippen molar-refractivity contribution in [3.63, 3.8) is 0 Å². The fourth-order valence-corrected chi connectivity index (χ4v) is 6.04. The number of aryl methyl sites for hydroxylation is 1. The van der Waals surface area contributed by atoms with Crippen molar-refractivity contribution < 1.29 is 8.78 Å². The Hall–Kier alpha value is -6.01. The second-order valence-corrected chi connectivity index (χ2v) is 11.3. The lowest BCUT2D eigenvalue weighted by atomic mass is 10.0. The molecule has 0 spiro atoms. The lowest BCUT2D eigenvalue weighted by molar-refractivity contribution is 0.509. The van der Waals surface area contributed by atoms with Crippen LogP contribution in [0.25, 0.3) is 72.8 Å². The zero-order chi connectivity index (χ0) is 31.2. The quantitative estimate of drug-likeness (QED) is 0.197. The molecule has 0 fully saturated rings. The number of fused-ring (bicyclic) bond motifs is 3. The molecule has 2 heterocycles. The van der Waals surface area contributed by atoms with Crippen molar-refractivity contribution in [3.8, 4) is 51.0 Å². The summed E-state index contributed by atoms with van der Waals surface area (Å²) in [6, 6.07) is 44.2. The number of benzene rings is 6. The van der Waals surface area contributed by atoms with Crippen LogP contribution in [0, 0.1) is 18.6 Å². The largest absolute Gasteiger partial charge is 0.308 e. The summed E-state index contributed by atoms with van der Waals surface area (Å²) < 4.78 is 30.6. The van der Waals surface area contributed by atoms with E-state index in [-0.39, 0.29) is 0 Å². The first-order valence-electron chi connectivity index (χ1n) is 15.0. The minimum atomic E-state index is -0.895. The third-order valence-corrected chi connectivity index (χ3v) is 8.26. The van der Waals surface area contributed by atoms with Gasteiger partial charge in [-0.1, -0.05) is 103 Å². The monoisotopic (exact) mass is 600 g/mol. The Morgan fingerprint density at radius 1 is 0.457 bits per heavy atom. The van der Waals surface area contributed by atoms with E-state index in [1.165, 1.54) is 6.07 Å². The maximum atomic E-state index is 14.4. The van der Waals surface area contributed by atoms with Gasteiger partial charge in [-0.15, -0.1) is 0 Å². The molecule has 46 heavy (non-hydrogen) atoms. The van der Waals surface area contributed by atoms with Gasteiger partial charge in [0.25, 0.3) is 0 Å². The Morgan fingerprint density at radius 3 is 1.74 bits per heavy atom. The summed E-state index contributed by atoms with van der Waals surface area (Å²) in [6.07, 6.45) is 0. The molecule has 4 nitrogen and oxygen atoms in total. The van der Waals surface area contributed by atoms with Crippen LogP contribution in [0.2, 0.25) is 0 Å². The van der Waals surface area contributed by atoms with E-state index in [1.54, 1.807) is 6.07 Å². The van der Waals surface area contributed by atoms with Crippen LogP contribution in [0.1, 0.15) is 5.56 Å². The van der Waals surface area contributed by atoms with Crippen LogP contribution in [0.5, 0.6) is 0 Å². The third-order valence-electron chi connectivity index (χ3n) is 8.26. The van der Waals surface area contributed by atoms with E-state index in [0.29, 0.717) is 23.0 Å². The number of hydrogen-bond donors (Lipinski definition) is 0. The molecule has 0 bridgehead atoms. The van der Waals surface area contributed by atoms with E-state index in [9.17, 15) is 8.78 Å². The zero-order valence-corrected chi connectivity index (χ0v) is 24.8. The Balaban J connectivity index is 1.45. The summed E-state index contributed by atoms with van der Waals surface area (Å²) in [5.41, 5.74) is 7.79. The van der Waals surface area contributed by atoms with Crippen LogP contribution in [0.4, 0.5) is 8.78 Å². The van der Waals surface area contributed by atoms with Crippen molar-refractivity contribution in [2.45, 2.75) is 6.92 Å². The van der Waals surface area contributed by atoms with Crippen molar-refractivity contribution in [1.82, 2.24) is 19.5 Å². The fraction of sp³-hybridized carbons (Fsp3) is 0.0250. The predicted octanol–water partition coefficient (Wildman–Crippen LogP) is 10.2. The average Bonchev–Trinajstić information content (AvgIpc) is 3.43. The van der Waals surface area contributed by atoms with E-state index in [2.05, 4.69) is 41.8 Å². The van der Waals surface area contributed by atoms with Crippen LogP contribution in [0.3, 0.4) is 0 Å². The van der Waals surface area contributed by atoms with Crippen molar-refractivity contribution in [1.29, 1.82) is 0 Å². The minimum absolute atomic E-state index is 0.498. The number of nitrogens with zero attached hydrogens (tertiary/aromatic N) is 4. The van der Waals surface area contributed by atoms with Crippen LogP contribution in [-0.4, -0.2) is 19.5 Å². The van der Waals surface area contributed by atoms with Crippen molar-refractivity contribution >= 4 is 21.8 Å². The molecule has 0 atom stereocenters. The summed E-state index contributed by atoms with van der Waals surface area (Å²) in [5.74, 6) is -0.174. The minimum Gasteiger partial charge on any atom is -0.308 e. The Kier molecular flexibility index (Phi) is 6.68. The Morgan fingerprint density at radius 2 is 1.04 bits per heavy atom. The lowest BCUT2D eigenvalue weighted by Crippen LogP contribution is -2.04. The van der Waals surface area contributed by atoms with Crippen LogP contribution >= 0.6 is 0 Å². The van der Waals surface area contributed by atoms with Gasteiger partial charge < -0.3 is 4.57 Å². The van der Waals surface area contributed by atoms with Gasteiger partial charge in [-0.3, -0.25) is 0 Å². The highest BCUT2D eigenvalue weighted by Crippen LogP contribution is 2.38. The number of para-hydroxylation sites is 1. The highest BCUT2D eigenvalue weighted by Gasteiger charge is 2.20.